The number of piperidine rings is 3. The van der Waals surface area contributed by atoms with Crippen LogP contribution in [0.5, 0.6) is 17.2 Å². The van der Waals surface area contributed by atoms with E-state index in [0.29, 0.717) is 43.5 Å². The zero-order valence-corrected chi connectivity index (χ0v) is 78.0. The van der Waals surface area contributed by atoms with E-state index < -0.39 is 11.4 Å². The first kappa shape index (κ1) is 91.4. The van der Waals surface area contributed by atoms with Gasteiger partial charge in [-0.3, -0.25) is 29.1 Å². The molecule has 9 fully saturated rings. The predicted molar refractivity (Wildman–Crippen MR) is 480 cm³/mol. The van der Waals surface area contributed by atoms with Crippen LogP contribution in [-0.2, 0) is 77.5 Å². The Hall–Kier alpha value is -7.86. The maximum atomic E-state index is 12.7. The van der Waals surface area contributed by atoms with Crippen LogP contribution in [0.3, 0.4) is 0 Å². The minimum Gasteiger partial charge on any atom is -0.870 e. The van der Waals surface area contributed by atoms with Crippen LogP contribution in [0.15, 0.2) is 125 Å². The Morgan fingerprint density at radius 2 is 0.748 bits per heavy atom. The van der Waals surface area contributed by atoms with Crippen LogP contribution in [0.25, 0.3) is 33.8 Å². The number of esters is 2. The fourth-order valence-corrected chi connectivity index (χ4v) is 22.7. The molecule has 26 heteroatoms. The van der Waals surface area contributed by atoms with Gasteiger partial charge in [0.2, 0.25) is 0 Å². The number of fused-ring (bicyclic) bond motifs is 6. The second-order valence-electron chi connectivity index (χ2n) is 35.5. The molecule has 0 spiro atoms. The molecule has 9 heterocycles. The van der Waals surface area contributed by atoms with Crippen LogP contribution < -0.4 is 58.5 Å². The van der Waals surface area contributed by atoms with Gasteiger partial charge in [0.05, 0.1) is 87.7 Å². The van der Waals surface area contributed by atoms with Gasteiger partial charge in [0.25, 0.3) is 0 Å². The molecule has 2 N–H and O–H groups in total. The maximum Gasteiger partial charge on any atom is 1.00 e. The first-order valence-corrected chi connectivity index (χ1v) is 46.2. The molecule has 9 aromatic rings. The molecule has 3 saturated carbocycles. The number of thiazole rings is 3. The van der Waals surface area contributed by atoms with E-state index in [1.54, 1.807) is 34.0 Å². The number of carboxylic acids is 1. The van der Waals surface area contributed by atoms with Crippen molar-refractivity contribution in [2.24, 2.45) is 52.3 Å². The summed E-state index contributed by atoms with van der Waals surface area (Å²) in [6, 6.07) is 39.0. The number of morpholine rings is 3. The number of methoxy groups -OCH3 is 2. The summed E-state index contributed by atoms with van der Waals surface area (Å²) in [4.78, 5) is 66.6. The van der Waals surface area contributed by atoms with Gasteiger partial charge >= 0.3 is 47.5 Å². The van der Waals surface area contributed by atoms with Crippen LogP contribution in [0.4, 0.5) is 15.4 Å². The van der Waals surface area contributed by atoms with Gasteiger partial charge in [0.15, 0.2) is 15.4 Å². The smallest absolute Gasteiger partial charge is 0.870 e. The number of aliphatic carboxylic acids is 1. The first-order chi connectivity index (χ1) is 58.6. The van der Waals surface area contributed by atoms with Gasteiger partial charge in [-0.15, -0.1) is 34.0 Å². The first-order valence-electron chi connectivity index (χ1n) is 43.5. The maximum absolute atomic E-state index is 12.7. The number of rotatable bonds is 24. The molecule has 18 rings (SSSR count). The molecule has 650 valence electrons. The summed E-state index contributed by atoms with van der Waals surface area (Å²) in [5.74, 6) is 3.42. The number of aromatic nitrogens is 3. The number of aryl methyl sites for hydroxylation is 6. The van der Waals surface area contributed by atoms with Gasteiger partial charge in [-0.25, -0.2) is 15.0 Å². The summed E-state index contributed by atoms with van der Waals surface area (Å²) in [6.07, 6.45) is 6.26. The van der Waals surface area contributed by atoms with Crippen molar-refractivity contribution < 1.29 is 92.4 Å². The number of carbonyl (C=O) groups is 3. The number of carbonyl (C=O) groups excluding carboxylic acids is 2. The number of nitrogens with zero attached hydrogens (tertiary/aromatic N) is 9. The molecule has 6 bridgehead atoms. The zero-order valence-electron chi connectivity index (χ0n) is 73.5. The number of benzene rings is 6. The number of carboxylic acid groups (broad SMARTS) is 1. The van der Waals surface area contributed by atoms with Gasteiger partial charge in [0.1, 0.15) is 37.1 Å². The van der Waals surface area contributed by atoms with Crippen molar-refractivity contribution in [1.29, 1.82) is 0 Å². The van der Waals surface area contributed by atoms with E-state index in [4.69, 9.17) is 52.8 Å². The predicted octanol–water partition coefficient (Wildman–Crippen LogP) is 13.9. The summed E-state index contributed by atoms with van der Waals surface area (Å²) in [5, 5.41) is 19.3. The second-order valence-corrected chi connectivity index (χ2v) is 38.0. The van der Waals surface area contributed by atoms with Gasteiger partial charge in [0, 0.05) is 131 Å². The molecule has 6 unspecified atom stereocenters. The summed E-state index contributed by atoms with van der Waals surface area (Å²) < 4.78 is 46.0. The molecule has 0 amide bonds. The molecule has 0 radical (unpaired) electrons. The van der Waals surface area contributed by atoms with Crippen molar-refractivity contribution in [2.45, 2.75) is 133 Å². The Morgan fingerprint density at radius 1 is 0.431 bits per heavy atom. The topological polar surface area (TPSA) is 233 Å². The van der Waals surface area contributed by atoms with E-state index in [1.807, 2.05) is 13.0 Å². The van der Waals surface area contributed by atoms with Crippen molar-refractivity contribution in [3.05, 3.63) is 192 Å². The molecule has 3 aromatic heterocycles. The zero-order chi connectivity index (χ0) is 84.1. The average molecular weight is 1740 g/mol. The molecule has 6 saturated heterocycles. The van der Waals surface area contributed by atoms with Crippen LogP contribution in [0.2, 0.25) is 0 Å². The number of ether oxygens (including phenoxy) is 8. The number of hydrogen-bond donors (Lipinski definition) is 1. The minimum atomic E-state index is -0.650. The molecule has 6 aliphatic heterocycles. The molecule has 123 heavy (non-hydrogen) atoms. The van der Waals surface area contributed by atoms with Gasteiger partial charge in [-0.1, -0.05) is 89.5 Å². The molecule has 6 atom stereocenters. The molecule has 3 aliphatic carbocycles. The summed E-state index contributed by atoms with van der Waals surface area (Å²) >= 11 is 4.99. The molecule has 9 aliphatic rings. The third kappa shape index (κ3) is 20.7. The Kier molecular flexibility index (Phi) is 30.3. The Balaban J connectivity index is 0.000000149. The van der Waals surface area contributed by atoms with Crippen molar-refractivity contribution in [3.8, 4) is 51.0 Å². The molecular formula is C97H120N9NaO13S3. The van der Waals surface area contributed by atoms with Crippen LogP contribution >= 0.6 is 34.0 Å². The standard InChI is InChI=1S/C33H41N3O4S.2C32H39N3O4S.Na.H2O/c1-22-5-10-30(40-20-25-7-6-24(16-23(25)2)17-35-11-13-39-14-12-35)28(15-22)29-21-41-32(34-29)36-18-26-8-9-27(19-36)33(26,3)31(37)38-4;1-21-4-9-29(39-19-26-6-5-23(15-22(26)2)16-34-10-12-38-13-11-34)27(14-21)28-20-40-32(33-28)35-17-24-7-8-25(18-35)30(24)31(36)37-3;1-21-4-9-29(39-19-24-6-5-23(15-22(24)2)16-34-10-12-38-13-11-34)27(14-21)28-20-40-31(33-28)35-17-25-7-8-26(18-35)32(25,3)30(36)37;;/h5-7,10,15-16,21,26-27H,8-9,11-14,17-20H2,1-4H3;4-6,9,14-15,20,24-25,30H,7-8,10-13,16-19H2,1-3H3;4-6,9,14-15,20,25-26H,7-8,10-13,16-19H2,1-3H3,(H,36,37);;1H2/q;;;+1;/p-1. The van der Waals surface area contributed by atoms with E-state index in [-0.39, 0.29) is 70.1 Å². The van der Waals surface area contributed by atoms with E-state index in [9.17, 15) is 19.5 Å². The van der Waals surface area contributed by atoms with E-state index in [1.165, 1.54) is 75.4 Å². The SMILES string of the molecule is COC(=O)C1(C)C2CCC1CN(c1nc(-c3cc(C)ccc3OCc3ccc(CN4CCOCC4)cc3C)cs1)C2.COC(=O)C1C2CCC1CN(c1nc(-c3cc(C)ccc3OCc3ccc(CN4CCOCC4)cc3C)cs1)C2.Cc1ccc(OCc2ccc(CN3CCOCC3)cc2C)c(-c2csc(N3CC4CCC(C3)C4(C)C(=O)O)n2)c1.[Na+].[OH-]. The van der Waals surface area contributed by atoms with Crippen molar-refractivity contribution >= 4 is 67.3 Å². The summed E-state index contributed by atoms with van der Waals surface area (Å²) in [6.45, 7) is 37.0. The average Bonchev–Trinajstić information content (AvgIpc) is 1.71. The fraction of sp³-hybridized carbons (Fsp3) is 0.505. The minimum absolute atomic E-state index is 0. The largest absolute Gasteiger partial charge is 1.00 e. The Labute approximate surface area is 759 Å². The van der Waals surface area contributed by atoms with Crippen molar-refractivity contribution in [3.63, 3.8) is 0 Å². The van der Waals surface area contributed by atoms with E-state index in [2.05, 4.69) is 197 Å². The Morgan fingerprint density at radius 3 is 1.05 bits per heavy atom. The van der Waals surface area contributed by atoms with Crippen molar-refractivity contribution in [2.75, 3.05) is 147 Å². The third-order valence-electron chi connectivity index (χ3n) is 27.7. The monoisotopic (exact) mass is 1740 g/mol. The normalized spacial score (nSPS) is 23.7. The summed E-state index contributed by atoms with van der Waals surface area (Å²) in [7, 11) is 3.02. The second kappa shape index (κ2) is 40.8. The van der Waals surface area contributed by atoms with Crippen LogP contribution in [0.1, 0.15) is 119 Å². The van der Waals surface area contributed by atoms with Crippen molar-refractivity contribution in [1.82, 2.24) is 29.7 Å². The number of hydrogen-bond acceptors (Lipinski definition) is 24. The van der Waals surface area contributed by atoms with Crippen LogP contribution in [-0.4, -0.2) is 191 Å². The fourth-order valence-electron chi connectivity index (χ4n) is 20.2. The number of anilines is 3. The summed E-state index contributed by atoms with van der Waals surface area (Å²) in [5.41, 5.74) is 19.6. The van der Waals surface area contributed by atoms with Gasteiger partial charge in [-0.2, -0.15) is 0 Å². The van der Waals surface area contributed by atoms with E-state index in [0.717, 1.165) is 248 Å². The van der Waals surface area contributed by atoms with Gasteiger partial charge in [-0.05, 0) is 216 Å². The van der Waals surface area contributed by atoms with Crippen LogP contribution in [0, 0.1) is 93.8 Å². The molecular weight excluding hydrogens is 1620 g/mol. The third-order valence-corrected chi connectivity index (χ3v) is 30.4. The molecule has 22 nitrogen and oxygen atoms in total. The quantitative estimate of drug-likeness (QED) is 0.0437. The van der Waals surface area contributed by atoms with Gasteiger partial charge < -0.3 is 63.2 Å². The van der Waals surface area contributed by atoms with E-state index >= 15 is 0 Å². The molecule has 6 aromatic carbocycles. The Bertz CT molecular complexity index is 5090.